The van der Waals surface area contributed by atoms with Gasteiger partial charge in [-0.1, -0.05) is 12.1 Å². The molecule has 0 atom stereocenters. The van der Waals surface area contributed by atoms with Crippen LogP contribution in [0, 0.1) is 0 Å². The third kappa shape index (κ3) is 4.23. The second-order valence-corrected chi connectivity index (χ2v) is 6.97. The van der Waals surface area contributed by atoms with Gasteiger partial charge in [0.1, 0.15) is 5.69 Å². The third-order valence-corrected chi connectivity index (χ3v) is 5.12. The first-order chi connectivity index (χ1) is 13.0. The lowest BCUT2D eigenvalue weighted by molar-refractivity contribution is 0.0302. The van der Waals surface area contributed by atoms with Gasteiger partial charge in [0.15, 0.2) is 0 Å². The topological polar surface area (TPSA) is 80.6 Å². The van der Waals surface area contributed by atoms with Crippen LogP contribution in [0.25, 0.3) is 0 Å². The fourth-order valence-electron chi connectivity index (χ4n) is 2.89. The summed E-state index contributed by atoms with van der Waals surface area (Å²) in [5.41, 5.74) is 0.547. The number of thioether (sulfide) groups is 1. The number of pyridine rings is 1. The van der Waals surface area contributed by atoms with E-state index >= 15 is 0 Å². The molecule has 2 heterocycles. The Morgan fingerprint density at radius 2 is 1.89 bits per heavy atom. The van der Waals surface area contributed by atoms with E-state index in [2.05, 4.69) is 5.32 Å². The van der Waals surface area contributed by atoms with Gasteiger partial charge in [-0.15, -0.1) is 11.8 Å². The molecule has 0 unspecified atom stereocenters. The number of hydrogen-bond acceptors (Lipinski definition) is 5. The van der Waals surface area contributed by atoms with E-state index in [4.69, 9.17) is 4.74 Å². The molecule has 1 aromatic heterocycles. The molecule has 2 aromatic rings. The minimum atomic E-state index is -0.381. The number of rotatable bonds is 4. The molecule has 0 spiro atoms. The third-order valence-electron chi connectivity index (χ3n) is 4.33. The zero-order valence-electron chi connectivity index (χ0n) is 15.2. The predicted octanol–water partition coefficient (Wildman–Crippen LogP) is 1.83. The average Bonchev–Trinajstić information content (AvgIpc) is 2.71. The summed E-state index contributed by atoms with van der Waals surface area (Å²) in [5.74, 6) is -0.568. The first kappa shape index (κ1) is 19.2. The standard InChI is InChI=1S/C19H21N3O4S/c1-21-12-13(18(24)22-7-9-26-10-8-22)11-15(19(21)25)20-17(23)14-5-3-4-6-16(14)27-2/h3-6,11-12H,7-10H2,1-2H3,(H,20,23). The van der Waals surface area contributed by atoms with Crippen molar-refractivity contribution in [3.63, 3.8) is 0 Å². The molecular formula is C19H21N3O4S. The molecule has 1 aromatic carbocycles. The second-order valence-electron chi connectivity index (χ2n) is 6.12. The largest absolute Gasteiger partial charge is 0.378 e. The molecular weight excluding hydrogens is 366 g/mol. The highest BCUT2D eigenvalue weighted by atomic mass is 32.2. The van der Waals surface area contributed by atoms with Crippen LogP contribution in [0.1, 0.15) is 20.7 Å². The lowest BCUT2D eigenvalue weighted by Gasteiger charge is -2.27. The number of ether oxygens (including phenoxy) is 1. The van der Waals surface area contributed by atoms with Crippen molar-refractivity contribution < 1.29 is 14.3 Å². The minimum absolute atomic E-state index is 0.0810. The van der Waals surface area contributed by atoms with Gasteiger partial charge in [0.2, 0.25) is 0 Å². The minimum Gasteiger partial charge on any atom is -0.378 e. The summed E-state index contributed by atoms with van der Waals surface area (Å²) in [6, 6.07) is 8.61. The van der Waals surface area contributed by atoms with Crippen LogP contribution in [0.5, 0.6) is 0 Å². The molecule has 142 valence electrons. The van der Waals surface area contributed by atoms with Crippen LogP contribution < -0.4 is 10.9 Å². The number of benzene rings is 1. The van der Waals surface area contributed by atoms with Gasteiger partial charge >= 0.3 is 0 Å². The van der Waals surface area contributed by atoms with Gasteiger partial charge < -0.3 is 19.5 Å². The highest BCUT2D eigenvalue weighted by Crippen LogP contribution is 2.21. The Bertz CT molecular complexity index is 919. The monoisotopic (exact) mass is 387 g/mol. The van der Waals surface area contributed by atoms with Crippen molar-refractivity contribution in [3.8, 4) is 0 Å². The summed E-state index contributed by atoms with van der Waals surface area (Å²) in [5, 5.41) is 2.66. The van der Waals surface area contributed by atoms with Gasteiger partial charge in [-0.25, -0.2) is 0 Å². The van der Waals surface area contributed by atoms with Crippen LogP contribution in [-0.4, -0.2) is 53.8 Å². The Labute approximate surface area is 161 Å². The van der Waals surface area contributed by atoms with E-state index in [0.717, 1.165) is 4.90 Å². The summed E-state index contributed by atoms with van der Waals surface area (Å²) in [7, 11) is 1.56. The Hall–Kier alpha value is -2.58. The van der Waals surface area contributed by atoms with Crippen molar-refractivity contribution >= 4 is 29.3 Å². The molecule has 3 rings (SSSR count). The van der Waals surface area contributed by atoms with Gasteiger partial charge in [-0.05, 0) is 24.5 Å². The Kier molecular flexibility index (Phi) is 5.98. The molecule has 0 saturated carbocycles. The maximum Gasteiger partial charge on any atom is 0.274 e. The van der Waals surface area contributed by atoms with E-state index in [-0.39, 0.29) is 23.1 Å². The number of hydrogen-bond donors (Lipinski definition) is 1. The normalized spacial score (nSPS) is 14.1. The van der Waals surface area contributed by atoms with Crippen molar-refractivity contribution in [2.75, 3.05) is 37.9 Å². The number of carbonyl (C=O) groups is 2. The van der Waals surface area contributed by atoms with Crippen LogP contribution in [0.2, 0.25) is 0 Å². The number of amides is 2. The predicted molar refractivity (Wildman–Crippen MR) is 105 cm³/mol. The Morgan fingerprint density at radius 3 is 2.59 bits per heavy atom. The van der Waals surface area contributed by atoms with Crippen molar-refractivity contribution in [1.82, 2.24) is 9.47 Å². The fraction of sp³-hybridized carbons (Fsp3) is 0.316. The highest BCUT2D eigenvalue weighted by molar-refractivity contribution is 7.98. The van der Waals surface area contributed by atoms with Crippen LogP contribution in [-0.2, 0) is 11.8 Å². The van der Waals surface area contributed by atoms with Gasteiger partial charge in [0, 0.05) is 31.2 Å². The van der Waals surface area contributed by atoms with E-state index in [1.807, 2.05) is 18.4 Å². The average molecular weight is 387 g/mol. The molecule has 1 N–H and O–H groups in total. The number of anilines is 1. The van der Waals surface area contributed by atoms with Crippen LogP contribution >= 0.6 is 11.8 Å². The molecule has 8 heteroatoms. The lowest BCUT2D eigenvalue weighted by atomic mass is 10.2. The van der Waals surface area contributed by atoms with Crippen molar-refractivity contribution in [1.29, 1.82) is 0 Å². The van der Waals surface area contributed by atoms with E-state index in [1.54, 1.807) is 24.1 Å². The molecule has 1 aliphatic rings. The lowest BCUT2D eigenvalue weighted by Crippen LogP contribution is -2.41. The van der Waals surface area contributed by atoms with Gasteiger partial charge in [-0.3, -0.25) is 14.4 Å². The zero-order valence-corrected chi connectivity index (χ0v) is 16.0. The molecule has 0 bridgehead atoms. The molecule has 1 saturated heterocycles. The summed E-state index contributed by atoms with van der Waals surface area (Å²) < 4.78 is 6.58. The molecule has 27 heavy (non-hydrogen) atoms. The molecule has 0 radical (unpaired) electrons. The summed E-state index contributed by atoms with van der Waals surface area (Å²) in [4.78, 5) is 40.3. The molecule has 1 fully saturated rings. The van der Waals surface area contributed by atoms with Crippen LogP contribution in [0.15, 0.2) is 46.2 Å². The van der Waals surface area contributed by atoms with Crippen molar-refractivity contribution in [3.05, 3.63) is 58.0 Å². The van der Waals surface area contributed by atoms with Gasteiger partial charge in [0.25, 0.3) is 17.4 Å². The number of aromatic nitrogens is 1. The summed E-state index contributed by atoms with van der Waals surface area (Å²) >= 11 is 1.45. The van der Waals surface area contributed by atoms with Crippen LogP contribution in [0.4, 0.5) is 5.69 Å². The van der Waals surface area contributed by atoms with Gasteiger partial charge in [-0.2, -0.15) is 0 Å². The number of morpholine rings is 1. The Balaban J connectivity index is 1.89. The van der Waals surface area contributed by atoms with Crippen molar-refractivity contribution in [2.24, 2.45) is 7.05 Å². The van der Waals surface area contributed by atoms with E-state index in [0.29, 0.717) is 37.4 Å². The van der Waals surface area contributed by atoms with Gasteiger partial charge in [0.05, 0.1) is 24.3 Å². The second kappa shape index (κ2) is 8.41. The number of nitrogens with zero attached hydrogens (tertiary/aromatic N) is 2. The molecule has 1 aliphatic heterocycles. The quantitative estimate of drug-likeness (QED) is 0.810. The number of nitrogens with one attached hydrogen (secondary N) is 1. The maximum atomic E-state index is 12.7. The smallest absolute Gasteiger partial charge is 0.274 e. The number of carbonyl (C=O) groups excluding carboxylic acids is 2. The van der Waals surface area contributed by atoms with E-state index in [1.165, 1.54) is 28.6 Å². The van der Waals surface area contributed by atoms with Crippen LogP contribution in [0.3, 0.4) is 0 Å². The highest BCUT2D eigenvalue weighted by Gasteiger charge is 2.21. The zero-order chi connectivity index (χ0) is 19.4. The first-order valence-electron chi connectivity index (χ1n) is 8.53. The maximum absolute atomic E-state index is 12.7. The SMILES string of the molecule is CSc1ccccc1C(=O)Nc1cc(C(=O)N2CCOCC2)cn(C)c1=O. The first-order valence-corrected chi connectivity index (χ1v) is 9.76. The summed E-state index contributed by atoms with van der Waals surface area (Å²) in [6.45, 7) is 1.99. The molecule has 0 aliphatic carbocycles. The van der Waals surface area contributed by atoms with E-state index in [9.17, 15) is 14.4 Å². The summed E-state index contributed by atoms with van der Waals surface area (Å²) in [6.07, 6.45) is 3.37. The number of aryl methyl sites for hydroxylation is 1. The van der Waals surface area contributed by atoms with E-state index < -0.39 is 0 Å². The molecule has 7 nitrogen and oxygen atoms in total. The Morgan fingerprint density at radius 1 is 1.19 bits per heavy atom. The molecule has 2 amide bonds. The fourth-order valence-corrected chi connectivity index (χ4v) is 3.48. The van der Waals surface area contributed by atoms with Crippen molar-refractivity contribution in [2.45, 2.75) is 4.90 Å².